The van der Waals surface area contributed by atoms with Crippen LogP contribution in [0.3, 0.4) is 0 Å². The third-order valence-electron chi connectivity index (χ3n) is 1.94. The number of rotatable bonds is 1. The average Bonchev–Trinajstić information content (AvgIpc) is 2.13. The van der Waals surface area contributed by atoms with E-state index in [-0.39, 0.29) is 11.2 Å². The highest BCUT2D eigenvalue weighted by Crippen LogP contribution is 2.38. The molecule has 1 aromatic rings. The van der Waals surface area contributed by atoms with E-state index in [0.717, 1.165) is 6.07 Å². The molecule has 1 N–H and O–H groups in total. The summed E-state index contributed by atoms with van der Waals surface area (Å²) in [6, 6.07) is 3.64. The molecule has 1 aromatic carbocycles. The molecule has 0 unspecified atom stereocenters. The molecule has 0 spiro atoms. The monoisotopic (exact) mass is 242 g/mol. The van der Waals surface area contributed by atoms with E-state index in [4.69, 9.17) is 6.57 Å². The largest absolute Gasteiger partial charge is 0.407 e. The fourth-order valence-electron chi connectivity index (χ4n) is 1.37. The molecule has 0 fully saturated rings. The number of hydrogen-bond acceptors (Lipinski definition) is 1. The summed E-state index contributed by atoms with van der Waals surface area (Å²) in [6.45, 7) is 12.3. The van der Waals surface area contributed by atoms with E-state index >= 15 is 0 Å². The number of halogens is 3. The van der Waals surface area contributed by atoms with Crippen molar-refractivity contribution in [3.63, 3.8) is 0 Å². The van der Waals surface area contributed by atoms with Crippen LogP contribution in [0.1, 0.15) is 26.3 Å². The van der Waals surface area contributed by atoms with E-state index in [1.165, 1.54) is 12.1 Å². The maximum Gasteiger partial charge on any atom is 0.407 e. The first-order valence-corrected chi connectivity index (χ1v) is 5.00. The van der Waals surface area contributed by atoms with Gasteiger partial charge in [-0.1, -0.05) is 6.07 Å². The molecule has 0 amide bonds. The fraction of sp³-hybridized carbons (Fsp3) is 0.417. The van der Waals surface area contributed by atoms with Gasteiger partial charge in [0.05, 0.1) is 12.1 Å². The minimum atomic E-state index is -4.50. The zero-order valence-electron chi connectivity index (χ0n) is 9.81. The summed E-state index contributed by atoms with van der Waals surface area (Å²) < 4.78 is 38.0. The Bertz CT molecular complexity index is 450. The highest BCUT2D eigenvalue weighted by Gasteiger charge is 2.33. The second kappa shape index (κ2) is 4.28. The molecule has 0 aliphatic rings. The van der Waals surface area contributed by atoms with Gasteiger partial charge in [-0.2, -0.15) is 13.2 Å². The maximum atomic E-state index is 12.7. The van der Waals surface area contributed by atoms with Gasteiger partial charge < -0.3 is 5.32 Å². The molecule has 0 aromatic heterocycles. The van der Waals surface area contributed by atoms with Crippen LogP contribution >= 0.6 is 0 Å². The van der Waals surface area contributed by atoms with Gasteiger partial charge in [0.15, 0.2) is 5.69 Å². The lowest BCUT2D eigenvalue weighted by atomic mass is 10.1. The van der Waals surface area contributed by atoms with Crippen molar-refractivity contribution in [3.8, 4) is 0 Å². The van der Waals surface area contributed by atoms with Gasteiger partial charge in [0.25, 0.3) is 0 Å². The van der Waals surface area contributed by atoms with Gasteiger partial charge >= 0.3 is 6.18 Å². The van der Waals surface area contributed by atoms with Gasteiger partial charge in [0, 0.05) is 11.2 Å². The Labute approximate surface area is 98.3 Å². The summed E-state index contributed by atoms with van der Waals surface area (Å²) in [4.78, 5) is 2.88. The van der Waals surface area contributed by atoms with Crippen LogP contribution < -0.4 is 5.32 Å². The Morgan fingerprint density at radius 3 is 2.18 bits per heavy atom. The van der Waals surface area contributed by atoms with Gasteiger partial charge in [0.2, 0.25) is 0 Å². The van der Waals surface area contributed by atoms with Crippen molar-refractivity contribution in [1.82, 2.24) is 0 Å². The van der Waals surface area contributed by atoms with Crippen molar-refractivity contribution in [2.75, 3.05) is 5.32 Å². The van der Waals surface area contributed by atoms with E-state index in [0.29, 0.717) is 5.69 Å². The van der Waals surface area contributed by atoms with E-state index in [2.05, 4.69) is 10.2 Å². The van der Waals surface area contributed by atoms with E-state index < -0.39 is 11.7 Å². The Hall–Kier alpha value is -1.70. The number of nitrogens with zero attached hydrogens (tertiary/aromatic N) is 1. The molecule has 0 saturated carbocycles. The first kappa shape index (κ1) is 13.4. The zero-order chi connectivity index (χ0) is 13.3. The lowest BCUT2D eigenvalue weighted by molar-refractivity contribution is -0.136. The third kappa shape index (κ3) is 3.66. The minimum Gasteiger partial charge on any atom is -0.381 e. The Morgan fingerprint density at radius 1 is 1.18 bits per heavy atom. The van der Waals surface area contributed by atoms with Gasteiger partial charge in [-0.25, -0.2) is 4.85 Å². The average molecular weight is 242 g/mol. The molecule has 0 heterocycles. The number of nitrogens with one attached hydrogen (secondary N) is 1. The molecule has 0 bridgehead atoms. The predicted octanol–water partition coefficient (Wildman–Crippen LogP) is 4.47. The zero-order valence-corrected chi connectivity index (χ0v) is 9.81. The summed E-state index contributed by atoms with van der Waals surface area (Å²) in [5, 5.41) is 2.94. The molecule has 17 heavy (non-hydrogen) atoms. The number of hydrogen-bond donors (Lipinski definition) is 1. The Balaban J connectivity index is 3.20. The summed E-state index contributed by atoms with van der Waals surface area (Å²) in [5.41, 5.74) is -1.25. The number of benzene rings is 1. The van der Waals surface area contributed by atoms with Crippen LogP contribution in [0.4, 0.5) is 24.5 Å². The van der Waals surface area contributed by atoms with Crippen LogP contribution in [-0.4, -0.2) is 5.54 Å². The Kier molecular flexibility index (Phi) is 3.37. The summed E-state index contributed by atoms with van der Waals surface area (Å²) in [7, 11) is 0. The first-order valence-electron chi connectivity index (χ1n) is 5.00. The molecule has 1 rings (SSSR count). The molecule has 0 radical (unpaired) electrons. The lowest BCUT2D eigenvalue weighted by Crippen LogP contribution is -2.26. The standard InChI is InChI=1S/C12H13F3N2/c1-11(2,3)17-8-5-6-10(16-4)9(7-8)12(13,14)15/h5-7,17H,1-3H3. The molecule has 0 aliphatic carbocycles. The second-order valence-electron chi connectivity index (χ2n) is 4.72. The van der Waals surface area contributed by atoms with Crippen LogP contribution in [0.5, 0.6) is 0 Å². The van der Waals surface area contributed by atoms with Crippen molar-refractivity contribution in [3.05, 3.63) is 35.2 Å². The second-order valence-corrected chi connectivity index (χ2v) is 4.72. The van der Waals surface area contributed by atoms with E-state index in [1.54, 1.807) is 0 Å². The molecular weight excluding hydrogens is 229 g/mol. The predicted molar refractivity (Wildman–Crippen MR) is 61.1 cm³/mol. The summed E-state index contributed by atoms with van der Waals surface area (Å²) in [6.07, 6.45) is -4.50. The Morgan fingerprint density at radius 2 is 1.76 bits per heavy atom. The molecule has 92 valence electrons. The SMILES string of the molecule is [C-]#[N+]c1ccc(NC(C)(C)C)cc1C(F)(F)F. The maximum absolute atomic E-state index is 12.7. The van der Waals surface area contributed by atoms with Crippen molar-refractivity contribution >= 4 is 11.4 Å². The van der Waals surface area contributed by atoms with Crippen LogP contribution in [0, 0.1) is 6.57 Å². The van der Waals surface area contributed by atoms with Gasteiger partial charge in [-0.05, 0) is 32.9 Å². The van der Waals surface area contributed by atoms with Gasteiger partial charge in [0.1, 0.15) is 0 Å². The molecule has 0 atom stereocenters. The summed E-state index contributed by atoms with van der Waals surface area (Å²) >= 11 is 0. The number of anilines is 1. The van der Waals surface area contributed by atoms with Crippen LogP contribution in [0.25, 0.3) is 4.85 Å². The molecule has 0 saturated heterocycles. The molecular formula is C12H13F3N2. The van der Waals surface area contributed by atoms with Crippen molar-refractivity contribution in [1.29, 1.82) is 0 Å². The smallest absolute Gasteiger partial charge is 0.381 e. The van der Waals surface area contributed by atoms with Crippen LogP contribution in [0.15, 0.2) is 18.2 Å². The summed E-state index contributed by atoms with van der Waals surface area (Å²) in [5.74, 6) is 0. The topological polar surface area (TPSA) is 16.4 Å². The first-order chi connectivity index (χ1) is 7.63. The van der Waals surface area contributed by atoms with Gasteiger partial charge in [-0.15, -0.1) is 0 Å². The van der Waals surface area contributed by atoms with E-state index in [1.807, 2.05) is 20.8 Å². The minimum absolute atomic E-state index is 0.331. The van der Waals surface area contributed by atoms with Crippen molar-refractivity contribution in [2.45, 2.75) is 32.5 Å². The lowest BCUT2D eigenvalue weighted by Gasteiger charge is -2.23. The van der Waals surface area contributed by atoms with Crippen molar-refractivity contribution < 1.29 is 13.2 Å². The molecule has 5 heteroatoms. The highest BCUT2D eigenvalue weighted by atomic mass is 19.4. The fourth-order valence-corrected chi connectivity index (χ4v) is 1.37. The highest BCUT2D eigenvalue weighted by molar-refractivity contribution is 5.61. The van der Waals surface area contributed by atoms with Crippen LogP contribution in [-0.2, 0) is 6.18 Å². The third-order valence-corrected chi connectivity index (χ3v) is 1.94. The molecule has 0 aliphatic heterocycles. The molecule has 2 nitrogen and oxygen atoms in total. The number of alkyl halides is 3. The van der Waals surface area contributed by atoms with Crippen LogP contribution in [0.2, 0.25) is 0 Å². The normalized spacial score (nSPS) is 12.1. The van der Waals surface area contributed by atoms with E-state index in [9.17, 15) is 13.2 Å². The van der Waals surface area contributed by atoms with Gasteiger partial charge in [-0.3, -0.25) is 0 Å². The quantitative estimate of drug-likeness (QED) is 0.719. The van der Waals surface area contributed by atoms with Crippen molar-refractivity contribution in [2.24, 2.45) is 0 Å².